The van der Waals surface area contributed by atoms with Gasteiger partial charge in [0.05, 0.1) is 4.92 Å². The highest BCUT2D eigenvalue weighted by Crippen LogP contribution is 2.36. The molecule has 0 radical (unpaired) electrons. The third kappa shape index (κ3) is 4.77. The van der Waals surface area contributed by atoms with Crippen LogP contribution in [0.3, 0.4) is 0 Å². The van der Waals surface area contributed by atoms with E-state index in [0.29, 0.717) is 25.7 Å². The Morgan fingerprint density at radius 2 is 1.93 bits per heavy atom. The second kappa shape index (κ2) is 7.57. The first-order valence-corrected chi connectivity index (χ1v) is 8.95. The summed E-state index contributed by atoms with van der Waals surface area (Å²) in [6, 6.07) is -0.557. The molecule has 3 rings (SSSR count). The summed E-state index contributed by atoms with van der Waals surface area (Å²) in [6.45, 7) is 0. The van der Waals surface area contributed by atoms with Crippen LogP contribution in [0.4, 0.5) is 26.2 Å². The summed E-state index contributed by atoms with van der Waals surface area (Å²) in [6.07, 6.45) is 3.31. The predicted molar refractivity (Wildman–Crippen MR) is 93.5 cm³/mol. The SMILES string of the molecule is NC(=O)C1CCC(Nc2nc(N[C@@H]3CCC(F)(F)C3)ncc2[N+](=O)[O-])CC1. The molecule has 2 saturated carbocycles. The van der Waals surface area contributed by atoms with Crippen LogP contribution in [0.2, 0.25) is 0 Å². The molecule has 148 valence electrons. The van der Waals surface area contributed by atoms with E-state index in [-0.39, 0.29) is 54.6 Å². The molecule has 0 saturated heterocycles. The summed E-state index contributed by atoms with van der Waals surface area (Å²) in [4.78, 5) is 29.9. The molecule has 2 aliphatic carbocycles. The quantitative estimate of drug-likeness (QED) is 0.506. The number of alkyl halides is 2. The number of aromatic nitrogens is 2. The van der Waals surface area contributed by atoms with Crippen LogP contribution in [0, 0.1) is 16.0 Å². The number of nitrogens with two attached hydrogens (primary N) is 1. The smallest absolute Gasteiger partial charge is 0.329 e. The molecular weight excluding hydrogens is 362 g/mol. The summed E-state index contributed by atoms with van der Waals surface area (Å²) >= 11 is 0. The van der Waals surface area contributed by atoms with Crippen molar-refractivity contribution in [3.05, 3.63) is 16.3 Å². The first-order chi connectivity index (χ1) is 12.7. The highest BCUT2D eigenvalue weighted by atomic mass is 19.3. The Kier molecular flexibility index (Phi) is 5.38. The molecule has 9 nitrogen and oxygen atoms in total. The number of hydrogen-bond acceptors (Lipinski definition) is 7. The molecule has 1 amide bonds. The fourth-order valence-electron chi connectivity index (χ4n) is 3.66. The van der Waals surface area contributed by atoms with Crippen molar-refractivity contribution in [2.45, 2.75) is 63.0 Å². The monoisotopic (exact) mass is 384 g/mol. The number of carbonyl (C=O) groups is 1. The molecule has 1 aromatic rings. The van der Waals surface area contributed by atoms with E-state index < -0.39 is 16.9 Å². The lowest BCUT2D eigenvalue weighted by molar-refractivity contribution is -0.384. The number of hydrogen-bond donors (Lipinski definition) is 3. The number of nitrogens with zero attached hydrogens (tertiary/aromatic N) is 3. The third-order valence-electron chi connectivity index (χ3n) is 5.17. The molecule has 27 heavy (non-hydrogen) atoms. The van der Waals surface area contributed by atoms with E-state index in [0.717, 1.165) is 6.20 Å². The maximum absolute atomic E-state index is 13.3. The molecule has 2 aliphatic rings. The van der Waals surface area contributed by atoms with Gasteiger partial charge in [0.15, 0.2) is 0 Å². The Morgan fingerprint density at radius 1 is 1.22 bits per heavy atom. The van der Waals surface area contributed by atoms with Gasteiger partial charge < -0.3 is 16.4 Å². The van der Waals surface area contributed by atoms with Gasteiger partial charge >= 0.3 is 5.69 Å². The van der Waals surface area contributed by atoms with Gasteiger partial charge in [0.25, 0.3) is 0 Å². The van der Waals surface area contributed by atoms with E-state index in [9.17, 15) is 23.7 Å². The van der Waals surface area contributed by atoms with Gasteiger partial charge in [-0.1, -0.05) is 0 Å². The van der Waals surface area contributed by atoms with Crippen LogP contribution in [-0.2, 0) is 4.79 Å². The lowest BCUT2D eigenvalue weighted by Gasteiger charge is -2.27. The maximum Gasteiger partial charge on any atom is 0.329 e. The molecule has 0 spiro atoms. The minimum absolute atomic E-state index is 0.0461. The minimum Gasteiger partial charge on any atom is -0.369 e. The van der Waals surface area contributed by atoms with Crippen LogP contribution in [-0.4, -0.2) is 38.8 Å². The van der Waals surface area contributed by atoms with Crippen molar-refractivity contribution in [1.82, 2.24) is 9.97 Å². The number of primary amides is 1. The number of amides is 1. The van der Waals surface area contributed by atoms with Crippen molar-refractivity contribution in [1.29, 1.82) is 0 Å². The highest BCUT2D eigenvalue weighted by Gasteiger charge is 2.39. The van der Waals surface area contributed by atoms with E-state index in [1.807, 2.05) is 0 Å². The van der Waals surface area contributed by atoms with Crippen molar-refractivity contribution in [3.63, 3.8) is 0 Å². The second-order valence-corrected chi connectivity index (χ2v) is 7.22. The van der Waals surface area contributed by atoms with Crippen molar-refractivity contribution in [2.24, 2.45) is 11.7 Å². The van der Waals surface area contributed by atoms with E-state index >= 15 is 0 Å². The zero-order chi connectivity index (χ0) is 19.6. The highest BCUT2D eigenvalue weighted by molar-refractivity contribution is 5.76. The van der Waals surface area contributed by atoms with Gasteiger partial charge in [0, 0.05) is 30.8 Å². The van der Waals surface area contributed by atoms with Gasteiger partial charge in [-0.2, -0.15) is 4.98 Å². The standard InChI is InChI=1S/C16H22F2N6O3/c17-16(18)6-5-11(7-16)22-15-20-8-12(24(26)27)14(23-15)21-10-3-1-9(2-4-10)13(19)25/h8-11H,1-7H2,(H2,19,25)(H2,20,21,22,23)/t9?,10?,11-/m1/s1. The fraction of sp³-hybridized carbons (Fsp3) is 0.688. The lowest BCUT2D eigenvalue weighted by Crippen LogP contribution is -2.33. The van der Waals surface area contributed by atoms with Crippen LogP contribution in [0.5, 0.6) is 0 Å². The minimum atomic E-state index is -2.71. The number of nitrogens with one attached hydrogen (secondary N) is 2. The van der Waals surface area contributed by atoms with Crippen LogP contribution in [0.15, 0.2) is 6.20 Å². The van der Waals surface area contributed by atoms with Gasteiger partial charge in [0.2, 0.25) is 23.6 Å². The molecular formula is C16H22F2N6O3. The molecule has 0 aromatic carbocycles. The summed E-state index contributed by atoms with van der Waals surface area (Å²) in [7, 11) is 0. The van der Waals surface area contributed by atoms with Gasteiger partial charge in [-0.15, -0.1) is 0 Å². The van der Waals surface area contributed by atoms with E-state index in [1.54, 1.807) is 0 Å². The van der Waals surface area contributed by atoms with Crippen molar-refractivity contribution >= 4 is 23.4 Å². The van der Waals surface area contributed by atoms with Crippen molar-refractivity contribution in [2.75, 3.05) is 10.6 Å². The molecule has 0 aliphatic heterocycles. The van der Waals surface area contributed by atoms with E-state index in [1.165, 1.54) is 0 Å². The normalized spacial score (nSPS) is 27.1. The van der Waals surface area contributed by atoms with Crippen molar-refractivity contribution < 1.29 is 18.5 Å². The predicted octanol–water partition coefficient (Wildman–Crippen LogP) is 2.44. The largest absolute Gasteiger partial charge is 0.369 e. The fourth-order valence-corrected chi connectivity index (χ4v) is 3.66. The van der Waals surface area contributed by atoms with Crippen LogP contribution >= 0.6 is 0 Å². The van der Waals surface area contributed by atoms with Gasteiger partial charge in [-0.3, -0.25) is 14.9 Å². The summed E-state index contributed by atoms with van der Waals surface area (Å²) in [5.74, 6) is -3.09. The molecule has 4 N–H and O–H groups in total. The number of halogens is 2. The lowest BCUT2D eigenvalue weighted by atomic mass is 9.85. The molecule has 1 aromatic heterocycles. The molecule has 0 bridgehead atoms. The van der Waals surface area contributed by atoms with Crippen LogP contribution in [0.1, 0.15) is 44.9 Å². The molecule has 2 fully saturated rings. The first-order valence-electron chi connectivity index (χ1n) is 8.95. The number of rotatable bonds is 6. The zero-order valence-electron chi connectivity index (χ0n) is 14.7. The maximum atomic E-state index is 13.3. The average molecular weight is 384 g/mol. The Bertz CT molecular complexity index is 724. The number of carbonyl (C=O) groups excluding carboxylic acids is 1. The molecule has 0 unspecified atom stereocenters. The molecule has 11 heteroatoms. The summed E-state index contributed by atoms with van der Waals surface area (Å²) < 4.78 is 26.7. The first kappa shape index (κ1) is 19.2. The average Bonchev–Trinajstić information content (AvgIpc) is 2.94. The van der Waals surface area contributed by atoms with E-state index in [4.69, 9.17) is 5.73 Å². The van der Waals surface area contributed by atoms with E-state index in [2.05, 4.69) is 20.6 Å². The molecule has 1 heterocycles. The Hall–Kier alpha value is -2.59. The van der Waals surface area contributed by atoms with Crippen LogP contribution < -0.4 is 16.4 Å². The van der Waals surface area contributed by atoms with Gasteiger partial charge in [-0.05, 0) is 32.1 Å². The number of nitro groups is 1. The third-order valence-corrected chi connectivity index (χ3v) is 5.17. The van der Waals surface area contributed by atoms with Gasteiger partial charge in [0.1, 0.15) is 6.20 Å². The summed E-state index contributed by atoms with van der Waals surface area (Å²) in [5.41, 5.74) is 5.03. The summed E-state index contributed by atoms with van der Waals surface area (Å²) in [5, 5.41) is 17.1. The Labute approximate surface area is 154 Å². The topological polar surface area (TPSA) is 136 Å². The second-order valence-electron chi connectivity index (χ2n) is 7.22. The number of anilines is 2. The van der Waals surface area contributed by atoms with Crippen LogP contribution in [0.25, 0.3) is 0 Å². The zero-order valence-corrected chi connectivity index (χ0v) is 14.7. The Morgan fingerprint density at radius 3 is 2.48 bits per heavy atom. The van der Waals surface area contributed by atoms with Gasteiger partial charge in [-0.25, -0.2) is 13.8 Å². The molecule has 1 atom stereocenters. The van der Waals surface area contributed by atoms with Crippen molar-refractivity contribution in [3.8, 4) is 0 Å². The Balaban J connectivity index is 1.69.